The van der Waals surface area contributed by atoms with E-state index >= 15 is 0 Å². The van der Waals surface area contributed by atoms with Crippen LogP contribution in [0.5, 0.6) is 0 Å². The zero-order valence-electron chi connectivity index (χ0n) is 13.5. The fraction of sp³-hybridized carbons (Fsp3) is 1.00. The highest BCUT2D eigenvalue weighted by molar-refractivity contribution is 4.88. The first-order valence-electron chi connectivity index (χ1n) is 8.47. The van der Waals surface area contributed by atoms with Gasteiger partial charge in [-0.05, 0) is 57.4 Å². The molecule has 0 aliphatic heterocycles. The van der Waals surface area contributed by atoms with Crippen LogP contribution >= 0.6 is 0 Å². The quantitative estimate of drug-likeness (QED) is 0.754. The first-order chi connectivity index (χ1) is 9.02. The summed E-state index contributed by atoms with van der Waals surface area (Å²) in [5.41, 5.74) is 0.587. The minimum absolute atomic E-state index is 0.587. The maximum Gasteiger partial charge on any atom is 0.0220 e. The van der Waals surface area contributed by atoms with E-state index in [1.54, 1.807) is 0 Å². The molecule has 2 saturated carbocycles. The van der Waals surface area contributed by atoms with E-state index < -0.39 is 0 Å². The lowest BCUT2D eigenvalue weighted by molar-refractivity contribution is 0.0894. The lowest BCUT2D eigenvalue weighted by atomic mass is 9.75. The van der Waals surface area contributed by atoms with Gasteiger partial charge in [0.15, 0.2) is 0 Å². The van der Waals surface area contributed by atoms with Crippen LogP contribution in [0.25, 0.3) is 0 Å². The summed E-state index contributed by atoms with van der Waals surface area (Å²) in [6.07, 6.45) is 11.0. The Morgan fingerprint density at radius 2 is 1.79 bits per heavy atom. The molecule has 2 nitrogen and oxygen atoms in total. The fourth-order valence-electron chi connectivity index (χ4n) is 3.46. The third kappa shape index (κ3) is 4.75. The molecule has 0 amide bonds. The maximum atomic E-state index is 3.74. The van der Waals surface area contributed by atoms with Gasteiger partial charge in [-0.2, -0.15) is 0 Å². The Morgan fingerprint density at radius 3 is 2.32 bits per heavy atom. The largest absolute Gasteiger partial charge is 0.312 e. The lowest BCUT2D eigenvalue weighted by Gasteiger charge is -2.42. The molecule has 1 N–H and O–H groups in total. The predicted molar refractivity (Wildman–Crippen MR) is 83.5 cm³/mol. The van der Waals surface area contributed by atoms with Crippen LogP contribution in [0.3, 0.4) is 0 Å². The highest BCUT2D eigenvalue weighted by atomic mass is 15.2. The summed E-state index contributed by atoms with van der Waals surface area (Å²) in [6.45, 7) is 8.39. The third-order valence-corrected chi connectivity index (χ3v) is 5.30. The highest BCUT2D eigenvalue weighted by Gasteiger charge is 2.31. The van der Waals surface area contributed by atoms with Gasteiger partial charge in [-0.15, -0.1) is 0 Å². The van der Waals surface area contributed by atoms with Crippen LogP contribution in [-0.2, 0) is 0 Å². The summed E-state index contributed by atoms with van der Waals surface area (Å²) in [6, 6.07) is 2.42. The van der Waals surface area contributed by atoms with Crippen molar-refractivity contribution in [2.24, 2.45) is 5.41 Å². The summed E-state index contributed by atoms with van der Waals surface area (Å²) in [7, 11) is 2.37. The van der Waals surface area contributed by atoms with Crippen LogP contribution in [0.15, 0.2) is 0 Å². The van der Waals surface area contributed by atoms with Crippen molar-refractivity contribution in [3.8, 4) is 0 Å². The summed E-state index contributed by atoms with van der Waals surface area (Å²) in [4.78, 5) is 2.70. The van der Waals surface area contributed by atoms with Crippen molar-refractivity contribution in [2.45, 2.75) is 90.3 Å². The average molecular weight is 266 g/mol. The predicted octanol–water partition coefficient (Wildman–Crippen LogP) is 3.81. The molecule has 0 bridgehead atoms. The van der Waals surface area contributed by atoms with Gasteiger partial charge in [0.25, 0.3) is 0 Å². The monoisotopic (exact) mass is 266 g/mol. The Hall–Kier alpha value is -0.0800. The molecule has 0 aromatic rings. The molecule has 0 radical (unpaired) electrons. The van der Waals surface area contributed by atoms with Crippen LogP contribution in [0, 0.1) is 5.41 Å². The number of hydrogen-bond donors (Lipinski definition) is 1. The van der Waals surface area contributed by atoms with Gasteiger partial charge in [-0.1, -0.05) is 27.2 Å². The van der Waals surface area contributed by atoms with Gasteiger partial charge in [-0.3, -0.25) is 4.90 Å². The molecule has 19 heavy (non-hydrogen) atoms. The van der Waals surface area contributed by atoms with Gasteiger partial charge in [0, 0.05) is 24.7 Å². The highest BCUT2D eigenvalue weighted by Crippen LogP contribution is 2.37. The first kappa shape index (κ1) is 15.3. The van der Waals surface area contributed by atoms with Crippen molar-refractivity contribution >= 4 is 0 Å². The van der Waals surface area contributed by atoms with E-state index in [9.17, 15) is 0 Å². The molecule has 0 aromatic heterocycles. The normalized spacial score (nSPS) is 25.7. The molecule has 1 atom stereocenters. The van der Waals surface area contributed by atoms with Crippen molar-refractivity contribution < 1.29 is 0 Å². The second kappa shape index (κ2) is 6.58. The molecule has 0 spiro atoms. The number of rotatable bonds is 7. The first-order valence-corrected chi connectivity index (χ1v) is 8.47. The van der Waals surface area contributed by atoms with E-state index in [2.05, 4.69) is 38.0 Å². The van der Waals surface area contributed by atoms with Crippen molar-refractivity contribution in [1.82, 2.24) is 10.2 Å². The van der Waals surface area contributed by atoms with Gasteiger partial charge in [-0.25, -0.2) is 0 Å². The molecule has 0 saturated heterocycles. The van der Waals surface area contributed by atoms with Crippen LogP contribution in [0.2, 0.25) is 0 Å². The summed E-state index contributed by atoms with van der Waals surface area (Å²) >= 11 is 0. The molecule has 1 unspecified atom stereocenters. The van der Waals surface area contributed by atoms with Gasteiger partial charge in [0.05, 0.1) is 0 Å². The Bertz CT molecular complexity index is 260. The minimum atomic E-state index is 0.587. The molecule has 2 aliphatic rings. The summed E-state index contributed by atoms with van der Waals surface area (Å²) in [5.74, 6) is 0. The van der Waals surface area contributed by atoms with Gasteiger partial charge in [0.1, 0.15) is 0 Å². The lowest BCUT2D eigenvalue weighted by Crippen LogP contribution is -2.47. The van der Waals surface area contributed by atoms with Crippen molar-refractivity contribution in [3.63, 3.8) is 0 Å². The van der Waals surface area contributed by atoms with Gasteiger partial charge < -0.3 is 5.32 Å². The second-order valence-electron chi connectivity index (χ2n) is 7.69. The Balaban J connectivity index is 1.81. The van der Waals surface area contributed by atoms with Crippen molar-refractivity contribution in [3.05, 3.63) is 0 Å². The van der Waals surface area contributed by atoms with E-state index in [-0.39, 0.29) is 0 Å². The second-order valence-corrected chi connectivity index (χ2v) is 7.69. The number of nitrogens with zero attached hydrogens (tertiary/aromatic N) is 1. The Labute approximate surface area is 120 Å². The van der Waals surface area contributed by atoms with Crippen LogP contribution in [0.4, 0.5) is 0 Å². The number of likely N-dealkylation sites (N-methyl/N-ethyl adjacent to an activating group) is 1. The van der Waals surface area contributed by atoms with Gasteiger partial charge in [0.2, 0.25) is 0 Å². The minimum Gasteiger partial charge on any atom is -0.312 e. The zero-order chi connectivity index (χ0) is 13.9. The van der Waals surface area contributed by atoms with Crippen LogP contribution in [0.1, 0.15) is 72.1 Å². The molecule has 112 valence electrons. The summed E-state index contributed by atoms with van der Waals surface area (Å²) in [5, 5.41) is 3.74. The Kier molecular flexibility index (Phi) is 5.30. The summed E-state index contributed by atoms with van der Waals surface area (Å²) < 4.78 is 0. The molecule has 2 aliphatic carbocycles. The molecule has 2 heteroatoms. The van der Waals surface area contributed by atoms with Crippen LogP contribution < -0.4 is 5.32 Å². The zero-order valence-corrected chi connectivity index (χ0v) is 13.5. The van der Waals surface area contributed by atoms with E-state index in [4.69, 9.17) is 0 Å². The molecule has 0 aromatic carbocycles. The average Bonchev–Trinajstić information content (AvgIpc) is 3.17. The topological polar surface area (TPSA) is 15.3 Å². The van der Waals surface area contributed by atoms with Crippen molar-refractivity contribution in [1.29, 1.82) is 0 Å². The van der Waals surface area contributed by atoms with E-state index in [1.807, 2.05) is 0 Å². The SMILES string of the molecule is CCCC(CNC1CC1)N(C)C1CCC(C)(C)CC1. The maximum absolute atomic E-state index is 3.74. The number of hydrogen-bond acceptors (Lipinski definition) is 2. The molecule has 0 heterocycles. The van der Waals surface area contributed by atoms with E-state index in [1.165, 1.54) is 57.9 Å². The van der Waals surface area contributed by atoms with E-state index in [0.29, 0.717) is 5.41 Å². The molecular weight excluding hydrogens is 232 g/mol. The molecule has 2 rings (SSSR count). The Morgan fingerprint density at radius 1 is 1.16 bits per heavy atom. The standard InChI is InChI=1S/C17H34N2/c1-5-6-16(13-18-14-7-8-14)19(4)15-9-11-17(2,3)12-10-15/h14-16,18H,5-13H2,1-4H3. The fourth-order valence-corrected chi connectivity index (χ4v) is 3.46. The van der Waals surface area contributed by atoms with Gasteiger partial charge >= 0.3 is 0 Å². The third-order valence-electron chi connectivity index (χ3n) is 5.30. The smallest absolute Gasteiger partial charge is 0.0220 e. The van der Waals surface area contributed by atoms with E-state index in [0.717, 1.165) is 18.1 Å². The van der Waals surface area contributed by atoms with Crippen LogP contribution in [-0.4, -0.2) is 36.6 Å². The molecular formula is C17H34N2. The molecule has 2 fully saturated rings. The van der Waals surface area contributed by atoms with Crippen molar-refractivity contribution in [2.75, 3.05) is 13.6 Å². The number of nitrogens with one attached hydrogen (secondary N) is 1.